The predicted octanol–water partition coefficient (Wildman–Crippen LogP) is 3.66. The first-order chi connectivity index (χ1) is 15.8. The van der Waals surface area contributed by atoms with Crippen molar-refractivity contribution in [3.63, 3.8) is 0 Å². The molecule has 2 aromatic rings. The summed E-state index contributed by atoms with van der Waals surface area (Å²) in [7, 11) is 0. The number of amides is 1. The van der Waals surface area contributed by atoms with E-state index in [2.05, 4.69) is 15.8 Å². The Morgan fingerprint density at radius 2 is 1.82 bits per heavy atom. The molecule has 1 saturated heterocycles. The maximum Gasteiger partial charge on any atom is 0.416 e. The van der Waals surface area contributed by atoms with Crippen molar-refractivity contribution in [1.29, 1.82) is 0 Å². The lowest BCUT2D eigenvalue weighted by molar-refractivity contribution is -0.137. The van der Waals surface area contributed by atoms with Crippen LogP contribution in [0.3, 0.4) is 0 Å². The van der Waals surface area contributed by atoms with Crippen LogP contribution in [0.1, 0.15) is 60.1 Å². The number of benzene rings is 1. The quantitative estimate of drug-likeness (QED) is 0.600. The largest absolute Gasteiger partial charge is 0.416 e. The van der Waals surface area contributed by atoms with Crippen molar-refractivity contribution in [2.45, 2.75) is 69.4 Å². The highest BCUT2D eigenvalue weighted by molar-refractivity contribution is 5.95. The Bertz CT molecular complexity index is 939. The van der Waals surface area contributed by atoms with Gasteiger partial charge in [-0.15, -0.1) is 0 Å². The Morgan fingerprint density at radius 3 is 2.48 bits per heavy atom. The number of hydrogen-bond donors (Lipinski definition) is 3. The van der Waals surface area contributed by atoms with E-state index < -0.39 is 23.8 Å². The standard InChI is InChI=1S/C23H28F3N3O4/c24-23(25,26)15-6-4-14(5-7-15)21-19(13-27-16-8-10-32-11-9-16)20(29-33-21)22(31)28-17-2-1-3-18(30)12-17/h4-7,16-18,27,30H,1-3,8-13H2,(H,28,31)/t17-,18+/m1/s1. The van der Waals surface area contributed by atoms with Gasteiger partial charge in [-0.25, -0.2) is 0 Å². The van der Waals surface area contributed by atoms with E-state index in [0.717, 1.165) is 37.8 Å². The average Bonchev–Trinajstić information content (AvgIpc) is 3.22. The molecular formula is C23H28F3N3O4. The van der Waals surface area contributed by atoms with Crippen LogP contribution in [0, 0.1) is 0 Å². The Hall–Kier alpha value is -2.43. The summed E-state index contributed by atoms with van der Waals surface area (Å²) in [4.78, 5) is 13.0. The summed E-state index contributed by atoms with van der Waals surface area (Å²) in [6.07, 6.45) is -0.464. The van der Waals surface area contributed by atoms with E-state index in [0.29, 0.717) is 37.2 Å². The van der Waals surface area contributed by atoms with Crippen molar-refractivity contribution in [2.75, 3.05) is 13.2 Å². The molecule has 0 radical (unpaired) electrons. The van der Waals surface area contributed by atoms with Crippen LogP contribution in [0.15, 0.2) is 28.8 Å². The second kappa shape index (κ2) is 10.2. The number of ether oxygens (including phenoxy) is 1. The fourth-order valence-corrected chi connectivity index (χ4v) is 4.39. The molecule has 2 heterocycles. The zero-order valence-electron chi connectivity index (χ0n) is 18.2. The van der Waals surface area contributed by atoms with Crippen LogP contribution in [0.5, 0.6) is 0 Å². The Labute approximate surface area is 189 Å². The number of nitrogens with zero attached hydrogens (tertiary/aromatic N) is 1. The van der Waals surface area contributed by atoms with Gasteiger partial charge in [0.15, 0.2) is 11.5 Å². The van der Waals surface area contributed by atoms with Crippen LogP contribution in [0.4, 0.5) is 13.2 Å². The van der Waals surface area contributed by atoms with E-state index in [9.17, 15) is 23.1 Å². The maximum atomic E-state index is 13.0. The van der Waals surface area contributed by atoms with Gasteiger partial charge in [0.2, 0.25) is 0 Å². The summed E-state index contributed by atoms with van der Waals surface area (Å²) in [5, 5.41) is 20.2. The van der Waals surface area contributed by atoms with Gasteiger partial charge in [-0.1, -0.05) is 17.3 Å². The fourth-order valence-electron chi connectivity index (χ4n) is 4.39. The minimum absolute atomic E-state index is 0.101. The van der Waals surface area contributed by atoms with Gasteiger partial charge in [-0.05, 0) is 50.7 Å². The van der Waals surface area contributed by atoms with Crippen LogP contribution in [0.2, 0.25) is 0 Å². The molecule has 1 aliphatic heterocycles. The smallest absolute Gasteiger partial charge is 0.393 e. The highest BCUT2D eigenvalue weighted by Crippen LogP contribution is 2.33. The van der Waals surface area contributed by atoms with Gasteiger partial charge in [0.1, 0.15) is 0 Å². The first kappa shape index (κ1) is 23.7. The molecule has 7 nitrogen and oxygen atoms in total. The van der Waals surface area contributed by atoms with Crippen LogP contribution in [-0.4, -0.2) is 47.6 Å². The molecule has 180 valence electrons. The second-order valence-corrected chi connectivity index (χ2v) is 8.67. The van der Waals surface area contributed by atoms with Gasteiger partial charge >= 0.3 is 6.18 Å². The minimum atomic E-state index is -4.44. The van der Waals surface area contributed by atoms with E-state index in [-0.39, 0.29) is 30.1 Å². The Kier molecular flexibility index (Phi) is 7.35. The minimum Gasteiger partial charge on any atom is -0.393 e. The topological polar surface area (TPSA) is 96.6 Å². The van der Waals surface area contributed by atoms with E-state index in [1.165, 1.54) is 12.1 Å². The molecule has 0 spiro atoms. The average molecular weight is 467 g/mol. The lowest BCUT2D eigenvalue weighted by Gasteiger charge is -2.26. The molecule has 1 amide bonds. The maximum absolute atomic E-state index is 13.0. The number of halogens is 3. The molecule has 2 atom stereocenters. The van der Waals surface area contributed by atoms with E-state index in [1.54, 1.807) is 0 Å². The third-order valence-corrected chi connectivity index (χ3v) is 6.25. The van der Waals surface area contributed by atoms with Crippen molar-refractivity contribution in [3.8, 4) is 11.3 Å². The molecule has 1 aromatic heterocycles. The molecule has 0 unspecified atom stereocenters. The van der Waals surface area contributed by atoms with E-state index in [1.807, 2.05) is 0 Å². The number of rotatable bonds is 6. The Balaban J connectivity index is 1.57. The SMILES string of the molecule is O=C(N[C@@H]1CCC[C@H](O)C1)c1noc(-c2ccc(C(F)(F)F)cc2)c1CNC1CCOCC1. The predicted molar refractivity (Wildman–Crippen MR) is 113 cm³/mol. The van der Waals surface area contributed by atoms with Crippen LogP contribution < -0.4 is 10.6 Å². The lowest BCUT2D eigenvalue weighted by Crippen LogP contribution is -2.40. The van der Waals surface area contributed by atoms with Crippen LogP contribution >= 0.6 is 0 Å². The third-order valence-electron chi connectivity index (χ3n) is 6.25. The number of aliphatic hydroxyl groups excluding tert-OH is 1. The molecule has 2 aliphatic rings. The van der Waals surface area contributed by atoms with Crippen LogP contribution in [-0.2, 0) is 17.5 Å². The number of alkyl halides is 3. The van der Waals surface area contributed by atoms with Gasteiger partial charge in [-0.2, -0.15) is 13.2 Å². The fraction of sp³-hybridized carbons (Fsp3) is 0.565. The van der Waals surface area contributed by atoms with Gasteiger partial charge in [0.05, 0.1) is 11.7 Å². The molecule has 1 aromatic carbocycles. The van der Waals surface area contributed by atoms with Crippen molar-refractivity contribution >= 4 is 5.91 Å². The summed E-state index contributed by atoms with van der Waals surface area (Å²) < 4.78 is 49.7. The summed E-state index contributed by atoms with van der Waals surface area (Å²) in [6, 6.07) is 4.64. The lowest BCUT2D eigenvalue weighted by atomic mass is 9.93. The van der Waals surface area contributed by atoms with Crippen molar-refractivity contribution < 1.29 is 32.3 Å². The Morgan fingerprint density at radius 1 is 1.09 bits per heavy atom. The number of carbonyl (C=O) groups excluding carboxylic acids is 1. The summed E-state index contributed by atoms with van der Waals surface area (Å²) >= 11 is 0. The molecule has 2 fully saturated rings. The molecular weight excluding hydrogens is 439 g/mol. The zero-order chi connectivity index (χ0) is 23.4. The number of nitrogens with one attached hydrogen (secondary N) is 2. The number of aromatic nitrogens is 1. The second-order valence-electron chi connectivity index (χ2n) is 8.67. The number of hydrogen-bond acceptors (Lipinski definition) is 6. The first-order valence-corrected chi connectivity index (χ1v) is 11.3. The molecule has 1 aliphatic carbocycles. The zero-order valence-corrected chi connectivity index (χ0v) is 18.2. The first-order valence-electron chi connectivity index (χ1n) is 11.3. The van der Waals surface area contributed by atoms with Crippen molar-refractivity contribution in [2.24, 2.45) is 0 Å². The van der Waals surface area contributed by atoms with Gasteiger partial charge in [0.25, 0.3) is 5.91 Å². The molecule has 3 N–H and O–H groups in total. The van der Waals surface area contributed by atoms with Gasteiger partial charge < -0.3 is 25.0 Å². The van der Waals surface area contributed by atoms with E-state index >= 15 is 0 Å². The summed E-state index contributed by atoms with van der Waals surface area (Å²) in [6.45, 7) is 1.56. The molecule has 0 bridgehead atoms. The summed E-state index contributed by atoms with van der Waals surface area (Å²) in [5.74, 6) is -0.156. The van der Waals surface area contributed by atoms with Crippen molar-refractivity contribution in [1.82, 2.24) is 15.8 Å². The van der Waals surface area contributed by atoms with Gasteiger partial charge in [-0.3, -0.25) is 4.79 Å². The monoisotopic (exact) mass is 467 g/mol. The highest BCUT2D eigenvalue weighted by Gasteiger charge is 2.31. The number of aliphatic hydroxyl groups is 1. The number of carbonyl (C=O) groups is 1. The molecule has 33 heavy (non-hydrogen) atoms. The van der Waals surface area contributed by atoms with E-state index in [4.69, 9.17) is 9.26 Å². The van der Waals surface area contributed by atoms with Gasteiger partial charge in [0, 0.05) is 43.0 Å². The molecule has 4 rings (SSSR count). The third kappa shape index (κ3) is 5.93. The molecule has 1 saturated carbocycles. The summed E-state index contributed by atoms with van der Waals surface area (Å²) in [5.41, 5.74) is 0.243. The highest BCUT2D eigenvalue weighted by atomic mass is 19.4. The molecule has 10 heteroatoms. The van der Waals surface area contributed by atoms with Crippen molar-refractivity contribution in [3.05, 3.63) is 41.1 Å². The normalized spacial score (nSPS) is 22.3. The van der Waals surface area contributed by atoms with Crippen LogP contribution in [0.25, 0.3) is 11.3 Å².